The first-order chi connectivity index (χ1) is 25.4. The summed E-state index contributed by atoms with van der Waals surface area (Å²) in [5, 5.41) is 0. The number of nitrogens with zero attached hydrogens (tertiary/aromatic N) is 3. The Hall–Kier alpha value is -6.80. The van der Waals surface area contributed by atoms with Crippen LogP contribution < -0.4 is 0 Å². The molecule has 0 aliphatic carbocycles. The Bertz CT molecular complexity index is 2810. The third-order valence-electron chi connectivity index (χ3n) is 9.19. The number of hydrogen-bond acceptors (Lipinski definition) is 2. The zero-order valence-corrected chi connectivity index (χ0v) is 27.3. The van der Waals surface area contributed by atoms with Crippen molar-refractivity contribution in [3.8, 4) is 39.1 Å². The van der Waals surface area contributed by atoms with Crippen molar-refractivity contribution in [1.29, 1.82) is 0 Å². The maximum Gasteiger partial charge on any atom is 0.147 e. The van der Waals surface area contributed by atoms with Gasteiger partial charge in [-0.05, 0) is 85.0 Å². The average molecular weight is 687 g/mol. The van der Waals surface area contributed by atoms with Crippen molar-refractivity contribution < 1.29 is 17.6 Å². The number of halogens is 4. The summed E-state index contributed by atoms with van der Waals surface area (Å²) in [4.78, 5) is 13.2. The normalized spacial score (nSPS) is 12.1. The molecule has 4 nitrogen and oxygen atoms in total. The predicted octanol–water partition coefficient (Wildman–Crippen LogP) is 11.7. The Morgan fingerprint density at radius 3 is 1.52 bits per heavy atom. The van der Waals surface area contributed by atoms with Crippen molar-refractivity contribution in [2.24, 2.45) is 0 Å². The van der Waals surface area contributed by atoms with Gasteiger partial charge in [-0.15, -0.1) is 0 Å². The van der Waals surface area contributed by atoms with E-state index >= 15 is 17.6 Å². The highest BCUT2D eigenvalue weighted by atomic mass is 19.1. The van der Waals surface area contributed by atoms with E-state index < -0.39 is 23.3 Å². The Labute approximate surface area is 295 Å². The fourth-order valence-electron chi connectivity index (χ4n) is 6.97. The number of para-hydroxylation sites is 1. The lowest BCUT2D eigenvalue weighted by Crippen LogP contribution is -2.01. The number of benzene rings is 4. The minimum atomic E-state index is -0.605. The summed E-state index contributed by atoms with van der Waals surface area (Å²) >= 11 is 0. The van der Waals surface area contributed by atoms with Gasteiger partial charge in [0, 0.05) is 44.4 Å². The molecule has 5 heterocycles. The zero-order valence-electron chi connectivity index (χ0n) is 27.3. The second-order valence-electron chi connectivity index (χ2n) is 12.4. The Kier molecular flexibility index (Phi) is 7.51. The fourth-order valence-corrected chi connectivity index (χ4v) is 6.97. The van der Waals surface area contributed by atoms with Crippen molar-refractivity contribution >= 4 is 46.4 Å². The molecule has 0 fully saturated rings. The number of fused-ring (bicyclic) bond motifs is 8. The van der Waals surface area contributed by atoms with Crippen LogP contribution in [0.5, 0.6) is 0 Å². The number of aromatic amines is 1. The molecule has 0 atom stereocenters. The summed E-state index contributed by atoms with van der Waals surface area (Å²) in [6.45, 7) is 0. The van der Waals surface area contributed by atoms with Crippen molar-refractivity contribution in [3.63, 3.8) is 0 Å². The molecule has 2 aliphatic rings. The van der Waals surface area contributed by atoms with Crippen LogP contribution in [0.15, 0.2) is 127 Å². The smallest absolute Gasteiger partial charge is 0.147 e. The minimum absolute atomic E-state index is 0.0770. The van der Waals surface area contributed by atoms with Crippen molar-refractivity contribution in [1.82, 2.24) is 19.5 Å². The van der Waals surface area contributed by atoms with Crippen LogP contribution in [0.3, 0.4) is 0 Å². The quantitative estimate of drug-likeness (QED) is 0.187. The first kappa shape index (κ1) is 31.2. The molecule has 0 unspecified atom stereocenters. The maximum atomic E-state index is 16.4. The summed E-state index contributed by atoms with van der Waals surface area (Å²) in [5.41, 5.74) is 5.32. The van der Waals surface area contributed by atoms with Crippen LogP contribution in [0.1, 0.15) is 22.8 Å². The van der Waals surface area contributed by atoms with E-state index in [0.717, 1.165) is 11.0 Å². The summed E-state index contributed by atoms with van der Waals surface area (Å²) in [5.74, 6) is -2.37. The predicted molar refractivity (Wildman–Crippen MR) is 200 cm³/mol. The van der Waals surface area contributed by atoms with Gasteiger partial charge in [0.25, 0.3) is 0 Å². The van der Waals surface area contributed by atoms with Gasteiger partial charge in [0.05, 0.1) is 39.5 Å². The lowest BCUT2D eigenvalue weighted by molar-refractivity contribution is 0.621. The van der Waals surface area contributed by atoms with Gasteiger partial charge in [0.15, 0.2) is 0 Å². The zero-order chi connectivity index (χ0) is 35.3. The van der Waals surface area contributed by atoms with Crippen LogP contribution in [-0.4, -0.2) is 19.5 Å². The van der Waals surface area contributed by atoms with E-state index in [1.807, 2.05) is 30.3 Å². The second kappa shape index (κ2) is 12.5. The summed E-state index contributed by atoms with van der Waals surface area (Å²) in [6, 6.07) is 33.9. The number of aromatic nitrogens is 4. The molecule has 2 aliphatic heterocycles. The third kappa shape index (κ3) is 5.32. The van der Waals surface area contributed by atoms with Gasteiger partial charge in [-0.25, -0.2) is 27.5 Å². The highest BCUT2D eigenvalue weighted by Gasteiger charge is 2.29. The Morgan fingerprint density at radius 2 is 0.923 bits per heavy atom. The van der Waals surface area contributed by atoms with Crippen LogP contribution in [0, 0.1) is 23.3 Å². The molecular weight excluding hydrogens is 661 g/mol. The van der Waals surface area contributed by atoms with E-state index in [0.29, 0.717) is 28.3 Å². The monoisotopic (exact) mass is 686 g/mol. The minimum Gasteiger partial charge on any atom is -0.355 e. The molecule has 7 aromatic rings. The van der Waals surface area contributed by atoms with Crippen LogP contribution in [0.2, 0.25) is 0 Å². The average Bonchev–Trinajstić information content (AvgIpc) is 3.95. The SMILES string of the molecule is Fc1ccccc1-c1c(-c2ccccc2F)c2c(-c3ccccc3F)c3nc(cc4ccc(cc5nc(cc1n2-c1ccccc1F)C=C5)[nH]4)C=C3. The topological polar surface area (TPSA) is 46.5 Å². The first-order valence-corrected chi connectivity index (χ1v) is 16.6. The van der Waals surface area contributed by atoms with Gasteiger partial charge in [-0.1, -0.05) is 66.7 Å². The van der Waals surface area contributed by atoms with Gasteiger partial charge in [0.2, 0.25) is 0 Å². The molecule has 8 bridgehead atoms. The molecule has 1 N–H and O–H groups in total. The summed E-state index contributed by atoms with van der Waals surface area (Å²) in [7, 11) is 0. The van der Waals surface area contributed by atoms with Crippen LogP contribution in [-0.2, 0) is 0 Å². The molecule has 3 aromatic heterocycles. The molecule has 0 amide bonds. The number of hydrogen-bond donors (Lipinski definition) is 1. The lowest BCUT2D eigenvalue weighted by atomic mass is 9.92. The van der Waals surface area contributed by atoms with Crippen molar-refractivity contribution in [2.45, 2.75) is 0 Å². The maximum absolute atomic E-state index is 16.4. The fraction of sp³-hybridized carbons (Fsp3) is 0. The summed E-state index contributed by atoms with van der Waals surface area (Å²) in [6.07, 6.45) is 7.20. The van der Waals surface area contributed by atoms with E-state index in [1.165, 1.54) is 24.3 Å². The largest absolute Gasteiger partial charge is 0.355 e. The third-order valence-corrected chi connectivity index (χ3v) is 9.19. The molecule has 8 heteroatoms. The van der Waals surface area contributed by atoms with Crippen LogP contribution in [0.4, 0.5) is 17.6 Å². The van der Waals surface area contributed by atoms with E-state index in [-0.39, 0.29) is 44.6 Å². The molecule has 0 saturated heterocycles. The number of nitrogens with one attached hydrogen (secondary N) is 1. The van der Waals surface area contributed by atoms with Crippen molar-refractivity contribution in [3.05, 3.63) is 173 Å². The van der Waals surface area contributed by atoms with Crippen LogP contribution in [0.25, 0.3) is 85.4 Å². The number of rotatable bonds is 4. The van der Waals surface area contributed by atoms with E-state index in [1.54, 1.807) is 102 Å². The second-order valence-corrected chi connectivity index (χ2v) is 12.4. The molecular formula is C44H26F4N4. The van der Waals surface area contributed by atoms with Gasteiger partial charge >= 0.3 is 0 Å². The van der Waals surface area contributed by atoms with E-state index in [2.05, 4.69) is 4.98 Å². The Balaban J connectivity index is 1.66. The number of H-pyrrole nitrogens is 1. The Morgan fingerprint density at radius 1 is 0.442 bits per heavy atom. The first-order valence-electron chi connectivity index (χ1n) is 16.6. The molecule has 250 valence electrons. The standard InChI is InChI=1S/C44H26F4N4/c45-34-12-4-1-9-31(34)41-38-22-21-29(51-38)24-28-18-17-26(49-28)23-27-19-20-30(50-27)25-40-42(32-10-2-5-13-35(32)46)43(33-11-3-6-14-36(33)47)44(41)52(40)39-16-8-7-15-37(39)48/h1-25,49H. The highest BCUT2D eigenvalue weighted by Crippen LogP contribution is 2.48. The highest BCUT2D eigenvalue weighted by molar-refractivity contribution is 6.11. The molecule has 52 heavy (non-hydrogen) atoms. The van der Waals surface area contributed by atoms with Gasteiger partial charge in [-0.3, -0.25) is 0 Å². The van der Waals surface area contributed by atoms with Crippen molar-refractivity contribution in [2.75, 3.05) is 0 Å². The molecule has 9 rings (SSSR count). The molecule has 0 saturated carbocycles. The van der Waals surface area contributed by atoms with Gasteiger partial charge in [0.1, 0.15) is 23.3 Å². The van der Waals surface area contributed by atoms with E-state index in [4.69, 9.17) is 9.97 Å². The molecule has 0 spiro atoms. The molecule has 0 radical (unpaired) electrons. The lowest BCUT2D eigenvalue weighted by Gasteiger charge is -2.14. The summed E-state index contributed by atoms with van der Waals surface area (Å²) < 4.78 is 66.9. The van der Waals surface area contributed by atoms with Crippen LogP contribution >= 0.6 is 0 Å². The van der Waals surface area contributed by atoms with E-state index in [9.17, 15) is 0 Å². The van der Waals surface area contributed by atoms with Gasteiger partial charge in [-0.2, -0.15) is 0 Å². The molecule has 4 aromatic carbocycles. The van der Waals surface area contributed by atoms with Gasteiger partial charge < -0.3 is 9.55 Å².